The first-order valence-corrected chi connectivity index (χ1v) is 34.7. The zero-order valence-corrected chi connectivity index (χ0v) is 55.3. The van der Waals surface area contributed by atoms with E-state index in [0.29, 0.717) is 78.9 Å². The fourth-order valence-corrected chi connectivity index (χ4v) is 14.5. The predicted octanol–water partition coefficient (Wildman–Crippen LogP) is 14.3. The summed E-state index contributed by atoms with van der Waals surface area (Å²) >= 11 is 0. The molecule has 490 valence electrons. The summed E-state index contributed by atoms with van der Waals surface area (Å²) in [6.45, 7) is 1.71. The number of ether oxygens (including phenoxy) is 2. The van der Waals surface area contributed by atoms with E-state index in [4.69, 9.17) is 24.8 Å². The first kappa shape index (κ1) is 68.7. The van der Waals surface area contributed by atoms with Gasteiger partial charge in [0.1, 0.15) is 11.5 Å². The second kappa shape index (κ2) is 30.5. The Morgan fingerprint density at radius 2 is 0.816 bits per heavy atom. The number of carboxylic acids is 3. The van der Waals surface area contributed by atoms with Gasteiger partial charge in [0.25, 0.3) is 30.1 Å². The van der Waals surface area contributed by atoms with Gasteiger partial charge in [-0.1, -0.05) is 127 Å². The van der Waals surface area contributed by atoms with Gasteiger partial charge in [-0.25, -0.2) is 39.6 Å². The van der Waals surface area contributed by atoms with Gasteiger partial charge in [-0.15, -0.1) is 0 Å². The summed E-state index contributed by atoms with van der Waals surface area (Å²) in [5.74, 6) is 16.1. The lowest BCUT2D eigenvalue weighted by atomic mass is 9.91. The lowest BCUT2D eigenvalue weighted by Crippen LogP contribution is -2.18. The van der Waals surface area contributed by atoms with Gasteiger partial charge in [-0.05, 0) is 200 Å². The van der Waals surface area contributed by atoms with Crippen molar-refractivity contribution in [3.63, 3.8) is 0 Å². The van der Waals surface area contributed by atoms with E-state index >= 15 is 0 Å². The van der Waals surface area contributed by atoms with Crippen molar-refractivity contribution in [2.75, 3.05) is 28.4 Å². The highest BCUT2D eigenvalue weighted by Gasteiger charge is 2.26. The van der Waals surface area contributed by atoms with Crippen LogP contribution in [0.15, 0.2) is 245 Å². The standard InChI is InChI=1S/C26H23NO5S.C26H19NO5S.C26H19NO4S/c2*1-32-24-16-17-25(22-8-4-3-7-21(22)24)33(30,31)27-23-9-5-2-6-19(23)13-10-18-11-14-20(15-12-18)26(28)29;1-18-16-19(11-15-24(18)26(28)29)10-12-21-7-4-5-9-25(21)27-32(30,31)23-14-13-20-6-2-3-8-22(20)17-23/h2,5-6,9,11-12,14-17,27H,3-4,7-8H2,1H3,(H,28,29);2-9,11-12,14-17,27H,1H3,(H,28,29);2-9,11,13-17,27H,1H3,(H,28,29). The third-order valence-corrected chi connectivity index (χ3v) is 19.8. The number of aromatic carboxylic acids is 3. The Morgan fingerprint density at radius 1 is 0.388 bits per heavy atom. The van der Waals surface area contributed by atoms with Crippen LogP contribution in [0.2, 0.25) is 0 Å². The summed E-state index contributed by atoms with van der Waals surface area (Å²) in [6, 6.07) is 64.0. The summed E-state index contributed by atoms with van der Waals surface area (Å²) in [5, 5.41) is 30.2. The van der Waals surface area contributed by atoms with Gasteiger partial charge in [0.2, 0.25) is 0 Å². The van der Waals surface area contributed by atoms with E-state index in [-0.39, 0.29) is 31.4 Å². The highest BCUT2D eigenvalue weighted by Crippen LogP contribution is 2.36. The van der Waals surface area contributed by atoms with Gasteiger partial charge in [0, 0.05) is 44.2 Å². The van der Waals surface area contributed by atoms with Crippen LogP contribution >= 0.6 is 0 Å². The Kier molecular flexibility index (Phi) is 21.4. The maximum absolute atomic E-state index is 13.3. The predicted molar refractivity (Wildman–Crippen MR) is 379 cm³/mol. The monoisotopic (exact) mass is 1360 g/mol. The molecule has 11 aromatic carbocycles. The number of anilines is 3. The number of carboxylic acid groups (broad SMARTS) is 3. The SMILES string of the molecule is COc1ccc(S(=O)(=O)Nc2ccccc2C#Cc2ccc(C(=O)O)cc2)c2c1CCCC2.COc1ccc(S(=O)(=O)Nc2ccccc2C#Cc2ccc(C(=O)O)cc2)c2ccccc12.Cc1cc(C#Cc2ccccc2NS(=O)(=O)c2ccc3ccccc3c2)ccc1C(=O)O. The molecule has 0 heterocycles. The zero-order valence-electron chi connectivity index (χ0n) is 52.8. The van der Waals surface area contributed by atoms with Crippen LogP contribution in [0.4, 0.5) is 17.1 Å². The number of benzene rings is 11. The number of carbonyl (C=O) groups is 3. The van der Waals surface area contributed by atoms with Gasteiger partial charge < -0.3 is 24.8 Å². The summed E-state index contributed by atoms with van der Waals surface area (Å²) in [7, 11) is -8.44. The molecule has 6 N–H and O–H groups in total. The minimum atomic E-state index is -3.92. The van der Waals surface area contributed by atoms with Crippen molar-refractivity contribution in [3.05, 3.63) is 297 Å². The lowest BCUT2D eigenvalue weighted by molar-refractivity contribution is 0.0685. The van der Waals surface area contributed by atoms with E-state index in [9.17, 15) is 39.6 Å². The minimum absolute atomic E-state index is 0.130. The molecule has 0 aliphatic heterocycles. The van der Waals surface area contributed by atoms with Gasteiger partial charge in [0.15, 0.2) is 0 Å². The van der Waals surface area contributed by atoms with Crippen molar-refractivity contribution in [3.8, 4) is 47.0 Å². The molecule has 0 radical (unpaired) electrons. The van der Waals surface area contributed by atoms with Crippen LogP contribution in [0.5, 0.6) is 11.5 Å². The number of hydrogen-bond donors (Lipinski definition) is 6. The van der Waals surface area contributed by atoms with Crippen molar-refractivity contribution >= 4 is 86.6 Å². The molecule has 1 aliphatic rings. The highest BCUT2D eigenvalue weighted by molar-refractivity contribution is 7.93. The average molecular weight is 1360 g/mol. The molecule has 0 fully saturated rings. The number of para-hydroxylation sites is 3. The molecule has 0 aromatic heterocycles. The summed E-state index contributed by atoms with van der Waals surface area (Å²) in [6.07, 6.45) is 3.43. The average Bonchev–Trinajstić information content (AvgIpc) is 0.782. The molecule has 17 nitrogen and oxygen atoms in total. The Morgan fingerprint density at radius 3 is 1.33 bits per heavy atom. The van der Waals surface area contributed by atoms with Crippen molar-refractivity contribution in [1.82, 2.24) is 0 Å². The smallest absolute Gasteiger partial charge is 0.335 e. The molecule has 11 aromatic rings. The largest absolute Gasteiger partial charge is 0.496 e. The van der Waals surface area contributed by atoms with E-state index < -0.39 is 48.0 Å². The Labute approximate surface area is 567 Å². The fraction of sp³-hybridized carbons (Fsp3) is 0.0897. The molecule has 12 rings (SSSR count). The van der Waals surface area contributed by atoms with E-state index in [2.05, 4.69) is 49.7 Å². The van der Waals surface area contributed by atoms with Crippen molar-refractivity contribution in [2.45, 2.75) is 47.3 Å². The second-order valence-electron chi connectivity index (χ2n) is 22.1. The fourth-order valence-electron chi connectivity index (χ4n) is 10.7. The van der Waals surface area contributed by atoms with E-state index in [1.807, 2.05) is 36.4 Å². The second-order valence-corrected chi connectivity index (χ2v) is 27.0. The van der Waals surface area contributed by atoms with Crippen LogP contribution in [0, 0.1) is 42.4 Å². The number of rotatable bonds is 14. The van der Waals surface area contributed by atoms with Crippen LogP contribution in [-0.2, 0) is 42.9 Å². The summed E-state index contributed by atoms with van der Waals surface area (Å²) in [5.41, 5.74) is 7.43. The van der Waals surface area contributed by atoms with Crippen LogP contribution in [0.3, 0.4) is 0 Å². The number of nitrogens with one attached hydrogen (secondary N) is 3. The van der Waals surface area contributed by atoms with Gasteiger partial charge in [-0.2, -0.15) is 0 Å². The van der Waals surface area contributed by atoms with Gasteiger partial charge >= 0.3 is 17.9 Å². The summed E-state index contributed by atoms with van der Waals surface area (Å²) in [4.78, 5) is 33.7. The molecule has 0 atom stereocenters. The van der Waals surface area contributed by atoms with E-state index in [0.717, 1.165) is 46.9 Å². The quantitative estimate of drug-likeness (QED) is 0.0553. The first-order valence-electron chi connectivity index (χ1n) is 30.3. The van der Waals surface area contributed by atoms with Gasteiger partial charge in [-0.3, -0.25) is 14.2 Å². The van der Waals surface area contributed by atoms with Crippen LogP contribution in [0.1, 0.15) is 94.0 Å². The molecule has 0 amide bonds. The molecule has 1 aliphatic carbocycles. The molecular weight excluding hydrogens is 1300 g/mol. The Bertz CT molecular complexity index is 5470. The number of fused-ring (bicyclic) bond motifs is 3. The minimum Gasteiger partial charge on any atom is -0.496 e. The molecule has 0 saturated heterocycles. The number of hydrogen-bond acceptors (Lipinski definition) is 11. The first-order chi connectivity index (χ1) is 47.1. The molecule has 20 heteroatoms. The molecule has 98 heavy (non-hydrogen) atoms. The molecule has 0 spiro atoms. The number of aryl methyl sites for hydroxylation is 1. The Hall–Kier alpha value is -12.1. The Balaban J connectivity index is 0.000000159. The molecule has 0 saturated carbocycles. The van der Waals surface area contributed by atoms with Gasteiger partial charge in [0.05, 0.1) is 62.7 Å². The van der Waals surface area contributed by atoms with E-state index in [1.54, 1.807) is 179 Å². The van der Waals surface area contributed by atoms with Crippen molar-refractivity contribution in [1.29, 1.82) is 0 Å². The summed E-state index contributed by atoms with van der Waals surface area (Å²) < 4.78 is 98.1. The van der Waals surface area contributed by atoms with E-state index in [1.165, 1.54) is 36.4 Å². The third-order valence-electron chi connectivity index (χ3n) is 15.6. The maximum atomic E-state index is 13.3. The van der Waals surface area contributed by atoms with Crippen molar-refractivity contribution in [2.24, 2.45) is 0 Å². The number of sulfonamides is 3. The maximum Gasteiger partial charge on any atom is 0.335 e. The number of methoxy groups -OCH3 is 2. The van der Waals surface area contributed by atoms with Crippen LogP contribution < -0.4 is 23.6 Å². The van der Waals surface area contributed by atoms with Crippen LogP contribution in [0.25, 0.3) is 21.5 Å². The molecule has 0 bridgehead atoms. The zero-order chi connectivity index (χ0) is 69.6. The molecule has 0 unspecified atom stereocenters. The van der Waals surface area contributed by atoms with Crippen LogP contribution in [-0.4, -0.2) is 72.7 Å². The third kappa shape index (κ3) is 16.7. The topological polar surface area (TPSA) is 269 Å². The molecular formula is C78H61N3O14S3. The normalized spacial score (nSPS) is 11.5. The van der Waals surface area contributed by atoms with Crippen molar-refractivity contribution < 1.29 is 64.4 Å². The highest BCUT2D eigenvalue weighted by atomic mass is 32.2. The lowest BCUT2D eigenvalue weighted by Gasteiger charge is -2.22.